The Bertz CT molecular complexity index is 1380. The van der Waals surface area contributed by atoms with Gasteiger partial charge in [-0.05, 0) is 72.3 Å². The number of nitrogens with one attached hydrogen (secondary N) is 1. The molecule has 1 fully saturated rings. The molecule has 0 saturated carbocycles. The van der Waals surface area contributed by atoms with Crippen LogP contribution in [0.25, 0.3) is 6.08 Å². The zero-order chi connectivity index (χ0) is 27.1. The van der Waals surface area contributed by atoms with E-state index in [2.05, 4.69) is 5.32 Å². The van der Waals surface area contributed by atoms with Crippen molar-refractivity contribution < 1.29 is 28.6 Å². The van der Waals surface area contributed by atoms with Gasteiger partial charge in [-0.1, -0.05) is 41.9 Å². The molecule has 0 unspecified atom stereocenters. The van der Waals surface area contributed by atoms with E-state index in [1.165, 1.54) is 7.11 Å². The number of para-hydroxylation sites is 1. The van der Waals surface area contributed by atoms with Gasteiger partial charge in [-0.2, -0.15) is 0 Å². The lowest BCUT2D eigenvalue weighted by molar-refractivity contribution is -0.123. The monoisotopic (exact) mass is 552 g/mol. The molecule has 196 valence electrons. The minimum atomic E-state index is -0.385. The fourth-order valence-corrected chi connectivity index (χ4v) is 4.57. The predicted molar refractivity (Wildman–Crippen MR) is 148 cm³/mol. The van der Waals surface area contributed by atoms with Gasteiger partial charge in [0.05, 0.1) is 18.6 Å². The molecular formula is C28H25ClN2O6S. The Morgan fingerprint density at radius 2 is 1.82 bits per heavy atom. The minimum Gasteiger partial charge on any atom is -0.493 e. The largest absolute Gasteiger partial charge is 0.493 e. The highest BCUT2D eigenvalue weighted by atomic mass is 35.5. The second kappa shape index (κ2) is 12.5. The van der Waals surface area contributed by atoms with Crippen LogP contribution >= 0.6 is 23.4 Å². The SMILES string of the molecule is COc1cc(/C=C2\SC(=O)N(CCOc3ccccc3)C2=O)ccc1OCC(=O)Nc1ccc(C)c(Cl)c1. The molecule has 10 heteroatoms. The summed E-state index contributed by atoms with van der Waals surface area (Å²) >= 11 is 6.97. The van der Waals surface area contributed by atoms with Crippen LogP contribution in [-0.2, 0) is 9.59 Å². The van der Waals surface area contributed by atoms with Crippen molar-refractivity contribution in [3.05, 3.63) is 87.8 Å². The molecule has 0 aliphatic carbocycles. The van der Waals surface area contributed by atoms with Crippen molar-refractivity contribution in [1.29, 1.82) is 0 Å². The van der Waals surface area contributed by atoms with Gasteiger partial charge >= 0.3 is 0 Å². The first-order valence-corrected chi connectivity index (χ1v) is 12.8. The number of nitrogens with zero attached hydrogens (tertiary/aromatic N) is 1. The van der Waals surface area contributed by atoms with Gasteiger partial charge in [0.25, 0.3) is 17.1 Å². The Morgan fingerprint density at radius 3 is 2.55 bits per heavy atom. The van der Waals surface area contributed by atoms with E-state index < -0.39 is 0 Å². The maximum Gasteiger partial charge on any atom is 0.293 e. The zero-order valence-corrected chi connectivity index (χ0v) is 22.3. The summed E-state index contributed by atoms with van der Waals surface area (Å²) < 4.78 is 16.6. The van der Waals surface area contributed by atoms with Gasteiger partial charge in [-0.15, -0.1) is 0 Å². The number of benzene rings is 3. The lowest BCUT2D eigenvalue weighted by Gasteiger charge is -2.13. The molecule has 0 radical (unpaired) electrons. The fourth-order valence-electron chi connectivity index (χ4n) is 3.52. The van der Waals surface area contributed by atoms with E-state index in [9.17, 15) is 14.4 Å². The first kappa shape index (κ1) is 27.1. The van der Waals surface area contributed by atoms with Crippen molar-refractivity contribution in [2.75, 3.05) is 32.2 Å². The van der Waals surface area contributed by atoms with Crippen LogP contribution in [0.5, 0.6) is 17.2 Å². The van der Waals surface area contributed by atoms with Crippen LogP contribution in [0.2, 0.25) is 5.02 Å². The van der Waals surface area contributed by atoms with Gasteiger partial charge < -0.3 is 19.5 Å². The maximum atomic E-state index is 12.8. The number of rotatable bonds is 10. The molecule has 1 aliphatic heterocycles. The molecule has 3 aromatic carbocycles. The number of aryl methyl sites for hydroxylation is 1. The number of carbonyl (C=O) groups excluding carboxylic acids is 3. The molecule has 8 nitrogen and oxygen atoms in total. The third-order valence-electron chi connectivity index (χ3n) is 5.50. The van der Waals surface area contributed by atoms with Crippen molar-refractivity contribution in [3.8, 4) is 17.2 Å². The maximum absolute atomic E-state index is 12.8. The number of amides is 3. The lowest BCUT2D eigenvalue weighted by atomic mass is 10.2. The smallest absolute Gasteiger partial charge is 0.293 e. The van der Waals surface area contributed by atoms with E-state index in [4.69, 9.17) is 25.8 Å². The molecule has 1 aliphatic rings. The minimum absolute atomic E-state index is 0.143. The Kier molecular flexibility index (Phi) is 8.93. The van der Waals surface area contributed by atoms with Crippen LogP contribution in [0.15, 0.2) is 71.6 Å². The van der Waals surface area contributed by atoms with E-state index in [-0.39, 0.29) is 36.8 Å². The van der Waals surface area contributed by atoms with E-state index >= 15 is 0 Å². The van der Waals surface area contributed by atoms with Crippen molar-refractivity contribution >= 4 is 52.2 Å². The zero-order valence-electron chi connectivity index (χ0n) is 20.7. The third kappa shape index (κ3) is 6.87. The van der Waals surface area contributed by atoms with E-state index in [0.29, 0.717) is 38.4 Å². The summed E-state index contributed by atoms with van der Waals surface area (Å²) in [5.74, 6) is 0.652. The molecule has 4 rings (SSSR count). The highest BCUT2D eigenvalue weighted by Gasteiger charge is 2.34. The summed E-state index contributed by atoms with van der Waals surface area (Å²) in [6, 6.07) is 19.4. The van der Waals surface area contributed by atoms with E-state index in [0.717, 1.165) is 22.2 Å². The number of halogens is 1. The van der Waals surface area contributed by atoms with Gasteiger partial charge in [-0.25, -0.2) is 0 Å². The van der Waals surface area contributed by atoms with Crippen molar-refractivity contribution in [3.63, 3.8) is 0 Å². The molecule has 0 aromatic heterocycles. The Morgan fingerprint density at radius 1 is 1.03 bits per heavy atom. The van der Waals surface area contributed by atoms with Crippen LogP contribution in [-0.4, -0.2) is 48.8 Å². The van der Waals surface area contributed by atoms with Crippen LogP contribution in [0.3, 0.4) is 0 Å². The predicted octanol–water partition coefficient (Wildman–Crippen LogP) is 5.79. The second-order valence-electron chi connectivity index (χ2n) is 8.21. The number of imide groups is 1. The normalized spacial score (nSPS) is 14.1. The van der Waals surface area contributed by atoms with Crippen LogP contribution < -0.4 is 19.5 Å². The molecule has 0 atom stereocenters. The van der Waals surface area contributed by atoms with E-state index in [1.54, 1.807) is 48.5 Å². The topological polar surface area (TPSA) is 94.2 Å². The number of ether oxygens (including phenoxy) is 3. The summed E-state index contributed by atoms with van der Waals surface area (Å²) in [6.45, 7) is 1.97. The standard InChI is InChI=1S/C28H25ClN2O6S/c1-18-8-10-20(16-22(18)29)30-26(32)17-37-23-11-9-19(14-24(23)35-2)15-25-27(33)31(28(34)38-25)12-13-36-21-6-4-3-5-7-21/h3-11,14-16H,12-13,17H2,1-2H3,(H,30,32)/b25-15-. The molecule has 1 saturated heterocycles. The summed E-state index contributed by atoms with van der Waals surface area (Å²) in [6.07, 6.45) is 1.61. The molecule has 1 N–H and O–H groups in total. The fraction of sp³-hybridized carbons (Fsp3) is 0.179. The molecule has 38 heavy (non-hydrogen) atoms. The lowest BCUT2D eigenvalue weighted by Crippen LogP contribution is -2.32. The van der Waals surface area contributed by atoms with Crippen LogP contribution in [0.4, 0.5) is 10.5 Å². The molecular weight excluding hydrogens is 528 g/mol. The van der Waals surface area contributed by atoms with Gasteiger partial charge in [0.1, 0.15) is 12.4 Å². The Balaban J connectivity index is 1.35. The van der Waals surface area contributed by atoms with Crippen molar-refractivity contribution in [2.24, 2.45) is 0 Å². The highest BCUT2D eigenvalue weighted by molar-refractivity contribution is 8.18. The van der Waals surface area contributed by atoms with Gasteiger partial charge in [0, 0.05) is 10.7 Å². The number of anilines is 1. The first-order valence-electron chi connectivity index (χ1n) is 11.6. The van der Waals surface area contributed by atoms with Gasteiger partial charge in [0.2, 0.25) is 0 Å². The number of hydrogen-bond donors (Lipinski definition) is 1. The molecule has 0 bridgehead atoms. The Hall–Kier alpha value is -3.95. The average Bonchev–Trinajstić information content (AvgIpc) is 3.17. The van der Waals surface area contributed by atoms with Crippen LogP contribution in [0.1, 0.15) is 11.1 Å². The summed E-state index contributed by atoms with van der Waals surface area (Å²) in [4.78, 5) is 39.0. The number of methoxy groups -OCH3 is 1. The summed E-state index contributed by atoms with van der Waals surface area (Å²) in [7, 11) is 1.47. The third-order valence-corrected chi connectivity index (χ3v) is 6.81. The van der Waals surface area contributed by atoms with Crippen molar-refractivity contribution in [2.45, 2.75) is 6.92 Å². The Labute approximate surface area is 229 Å². The average molecular weight is 553 g/mol. The first-order chi connectivity index (χ1) is 18.3. The van der Waals surface area contributed by atoms with Crippen molar-refractivity contribution in [1.82, 2.24) is 4.90 Å². The van der Waals surface area contributed by atoms with Crippen LogP contribution in [0, 0.1) is 6.92 Å². The number of carbonyl (C=O) groups is 3. The quantitative estimate of drug-likeness (QED) is 0.318. The number of hydrogen-bond acceptors (Lipinski definition) is 7. The number of thioether (sulfide) groups is 1. The van der Waals surface area contributed by atoms with E-state index in [1.807, 2.05) is 31.2 Å². The van der Waals surface area contributed by atoms with Gasteiger partial charge in [0.15, 0.2) is 18.1 Å². The van der Waals surface area contributed by atoms with Gasteiger partial charge in [-0.3, -0.25) is 19.3 Å². The molecule has 0 spiro atoms. The highest BCUT2D eigenvalue weighted by Crippen LogP contribution is 2.34. The summed E-state index contributed by atoms with van der Waals surface area (Å²) in [5, 5.41) is 2.93. The molecule has 3 aromatic rings. The second-order valence-corrected chi connectivity index (χ2v) is 9.61. The summed E-state index contributed by atoms with van der Waals surface area (Å²) in [5.41, 5.74) is 2.11. The molecule has 1 heterocycles. The molecule has 3 amide bonds.